The van der Waals surface area contributed by atoms with Gasteiger partial charge in [-0.15, -0.1) is 0 Å². The molecule has 0 spiro atoms. The highest BCUT2D eigenvalue weighted by molar-refractivity contribution is 5.99. The summed E-state index contributed by atoms with van der Waals surface area (Å²) in [6, 6.07) is 4.77. The monoisotopic (exact) mass is 236 g/mol. The number of nitrogens with two attached hydrogens (primary N) is 2. The zero-order valence-corrected chi connectivity index (χ0v) is 9.62. The Morgan fingerprint density at radius 2 is 2.06 bits per heavy atom. The van der Waals surface area contributed by atoms with Gasteiger partial charge in [0.05, 0.1) is 5.56 Å². The van der Waals surface area contributed by atoms with Crippen molar-refractivity contribution in [2.24, 2.45) is 5.73 Å². The Balaban J connectivity index is 2.72. The van der Waals surface area contributed by atoms with Crippen molar-refractivity contribution in [3.8, 4) is 0 Å². The summed E-state index contributed by atoms with van der Waals surface area (Å²) in [5.74, 6) is -0.616. The van der Waals surface area contributed by atoms with Gasteiger partial charge in [-0.05, 0) is 18.2 Å². The minimum Gasteiger partial charge on any atom is -0.399 e. The van der Waals surface area contributed by atoms with Gasteiger partial charge in [0.1, 0.15) is 0 Å². The molecule has 0 radical (unpaired) electrons. The summed E-state index contributed by atoms with van der Waals surface area (Å²) in [4.78, 5) is 22.2. The molecule has 6 N–H and O–H groups in total. The average molecular weight is 236 g/mol. The molecule has 0 saturated heterocycles. The highest BCUT2D eigenvalue weighted by Crippen LogP contribution is 2.18. The van der Waals surface area contributed by atoms with E-state index < -0.39 is 5.91 Å². The standard InChI is InChI=1S/C11H16N4O2/c1-14-10(16)4-5-15-9-6-7(12)2-3-8(9)11(13)17/h2-3,6,15H,4-5,12H2,1H3,(H2,13,17)(H,14,16). The zero-order valence-electron chi connectivity index (χ0n) is 9.62. The number of amides is 2. The topological polar surface area (TPSA) is 110 Å². The fourth-order valence-electron chi connectivity index (χ4n) is 1.36. The van der Waals surface area contributed by atoms with Gasteiger partial charge in [-0.25, -0.2) is 0 Å². The van der Waals surface area contributed by atoms with Crippen molar-refractivity contribution in [1.82, 2.24) is 5.32 Å². The van der Waals surface area contributed by atoms with Gasteiger partial charge in [0.2, 0.25) is 5.91 Å². The van der Waals surface area contributed by atoms with Crippen LogP contribution in [0.2, 0.25) is 0 Å². The van der Waals surface area contributed by atoms with Crippen LogP contribution >= 0.6 is 0 Å². The van der Waals surface area contributed by atoms with E-state index in [4.69, 9.17) is 11.5 Å². The molecule has 0 atom stereocenters. The largest absolute Gasteiger partial charge is 0.399 e. The quantitative estimate of drug-likeness (QED) is 0.536. The summed E-state index contributed by atoms with van der Waals surface area (Å²) >= 11 is 0. The van der Waals surface area contributed by atoms with Gasteiger partial charge < -0.3 is 22.1 Å². The van der Waals surface area contributed by atoms with E-state index in [1.54, 1.807) is 25.2 Å². The smallest absolute Gasteiger partial charge is 0.250 e. The Morgan fingerprint density at radius 1 is 1.35 bits per heavy atom. The van der Waals surface area contributed by atoms with Crippen LogP contribution < -0.4 is 22.1 Å². The summed E-state index contributed by atoms with van der Waals surface area (Å²) < 4.78 is 0. The second-order valence-corrected chi connectivity index (χ2v) is 3.52. The van der Waals surface area contributed by atoms with Crippen LogP contribution in [-0.2, 0) is 4.79 Å². The number of carbonyl (C=O) groups excluding carboxylic acids is 2. The van der Waals surface area contributed by atoms with Crippen LogP contribution in [-0.4, -0.2) is 25.4 Å². The van der Waals surface area contributed by atoms with Gasteiger partial charge in [-0.2, -0.15) is 0 Å². The maximum absolute atomic E-state index is 11.1. The Labute approximate surface area is 99.4 Å². The van der Waals surface area contributed by atoms with Gasteiger partial charge in [0.25, 0.3) is 5.91 Å². The van der Waals surface area contributed by atoms with Crippen LogP contribution in [0.5, 0.6) is 0 Å². The van der Waals surface area contributed by atoms with Crippen LogP contribution in [0, 0.1) is 0 Å². The van der Waals surface area contributed by atoms with Gasteiger partial charge in [0.15, 0.2) is 0 Å². The predicted molar refractivity (Wildman–Crippen MR) is 66.5 cm³/mol. The number of carbonyl (C=O) groups is 2. The molecule has 0 aliphatic carbocycles. The van der Waals surface area contributed by atoms with Crippen molar-refractivity contribution in [1.29, 1.82) is 0 Å². The van der Waals surface area contributed by atoms with E-state index in [0.29, 0.717) is 29.9 Å². The number of hydrogen-bond acceptors (Lipinski definition) is 4. The highest BCUT2D eigenvalue weighted by Gasteiger charge is 2.08. The average Bonchev–Trinajstić information content (AvgIpc) is 2.28. The first-order chi connectivity index (χ1) is 8.04. The molecule has 0 saturated carbocycles. The third-order valence-electron chi connectivity index (χ3n) is 2.26. The Bertz CT molecular complexity index is 431. The molecule has 0 aromatic heterocycles. The van der Waals surface area contributed by atoms with E-state index in [-0.39, 0.29) is 5.91 Å². The summed E-state index contributed by atoms with van der Waals surface area (Å²) in [5.41, 5.74) is 12.3. The number of nitrogen functional groups attached to an aromatic ring is 1. The van der Waals surface area contributed by atoms with Crippen molar-refractivity contribution in [2.45, 2.75) is 6.42 Å². The minimum absolute atomic E-state index is 0.0815. The molecule has 1 rings (SSSR count). The molecule has 0 heterocycles. The molecule has 17 heavy (non-hydrogen) atoms. The molecular formula is C11H16N4O2. The minimum atomic E-state index is -0.535. The normalized spacial score (nSPS) is 9.71. The summed E-state index contributed by atoms with van der Waals surface area (Å²) in [6.45, 7) is 0.406. The third kappa shape index (κ3) is 3.67. The lowest BCUT2D eigenvalue weighted by molar-refractivity contribution is -0.120. The van der Waals surface area contributed by atoms with Gasteiger partial charge in [0, 0.05) is 31.4 Å². The lowest BCUT2D eigenvalue weighted by Crippen LogP contribution is -2.22. The van der Waals surface area contributed by atoms with E-state index >= 15 is 0 Å². The van der Waals surface area contributed by atoms with Crippen molar-refractivity contribution in [3.63, 3.8) is 0 Å². The molecule has 0 bridgehead atoms. The lowest BCUT2D eigenvalue weighted by atomic mass is 10.1. The first-order valence-electron chi connectivity index (χ1n) is 5.18. The molecule has 6 nitrogen and oxygen atoms in total. The molecule has 0 fully saturated rings. The maximum atomic E-state index is 11.1. The molecule has 2 amide bonds. The second-order valence-electron chi connectivity index (χ2n) is 3.52. The Hall–Kier alpha value is -2.24. The molecule has 1 aromatic rings. The fourth-order valence-corrected chi connectivity index (χ4v) is 1.36. The predicted octanol–water partition coefficient (Wildman–Crippen LogP) is -0.0843. The van der Waals surface area contributed by atoms with E-state index in [0.717, 1.165) is 0 Å². The maximum Gasteiger partial charge on any atom is 0.250 e. The molecule has 0 aliphatic rings. The van der Waals surface area contributed by atoms with Crippen LogP contribution in [0.25, 0.3) is 0 Å². The number of hydrogen-bond donors (Lipinski definition) is 4. The Kier molecular flexibility index (Phi) is 4.33. The van der Waals surface area contributed by atoms with Gasteiger partial charge >= 0.3 is 0 Å². The number of anilines is 2. The number of benzene rings is 1. The van der Waals surface area contributed by atoms with Crippen molar-refractivity contribution in [3.05, 3.63) is 23.8 Å². The Morgan fingerprint density at radius 3 is 2.65 bits per heavy atom. The number of nitrogens with one attached hydrogen (secondary N) is 2. The molecule has 1 aromatic carbocycles. The van der Waals surface area contributed by atoms with E-state index in [2.05, 4.69) is 10.6 Å². The number of primary amides is 1. The fraction of sp³-hybridized carbons (Fsp3) is 0.273. The third-order valence-corrected chi connectivity index (χ3v) is 2.26. The van der Waals surface area contributed by atoms with Gasteiger partial charge in [-0.3, -0.25) is 9.59 Å². The highest BCUT2D eigenvalue weighted by atomic mass is 16.1. The molecule has 0 aliphatic heterocycles. The first kappa shape index (κ1) is 12.8. The van der Waals surface area contributed by atoms with Crippen molar-refractivity contribution in [2.75, 3.05) is 24.6 Å². The first-order valence-corrected chi connectivity index (χ1v) is 5.18. The zero-order chi connectivity index (χ0) is 12.8. The van der Waals surface area contributed by atoms with Gasteiger partial charge in [-0.1, -0.05) is 0 Å². The summed E-state index contributed by atoms with van der Waals surface area (Å²) in [7, 11) is 1.57. The second kappa shape index (κ2) is 5.74. The van der Waals surface area contributed by atoms with Crippen molar-refractivity contribution >= 4 is 23.2 Å². The van der Waals surface area contributed by atoms with Crippen LogP contribution in [0.15, 0.2) is 18.2 Å². The van der Waals surface area contributed by atoms with E-state index in [1.165, 1.54) is 0 Å². The van der Waals surface area contributed by atoms with E-state index in [1.807, 2.05) is 0 Å². The number of rotatable bonds is 5. The van der Waals surface area contributed by atoms with Crippen LogP contribution in [0.4, 0.5) is 11.4 Å². The summed E-state index contributed by atoms with van der Waals surface area (Å²) in [6.07, 6.45) is 0.309. The molecule has 0 unspecified atom stereocenters. The molecule has 92 valence electrons. The summed E-state index contributed by atoms with van der Waals surface area (Å²) in [5, 5.41) is 5.46. The lowest BCUT2D eigenvalue weighted by Gasteiger charge is -2.10. The molecular weight excluding hydrogens is 220 g/mol. The van der Waals surface area contributed by atoms with E-state index in [9.17, 15) is 9.59 Å². The van der Waals surface area contributed by atoms with Crippen LogP contribution in [0.1, 0.15) is 16.8 Å². The van der Waals surface area contributed by atoms with Crippen molar-refractivity contribution < 1.29 is 9.59 Å². The van der Waals surface area contributed by atoms with Crippen LogP contribution in [0.3, 0.4) is 0 Å². The SMILES string of the molecule is CNC(=O)CCNc1cc(N)ccc1C(N)=O. The molecule has 6 heteroatoms.